The summed E-state index contributed by atoms with van der Waals surface area (Å²) in [6.07, 6.45) is 2.26. The molecule has 0 radical (unpaired) electrons. The molecule has 1 fully saturated rings. The monoisotopic (exact) mass is 321 g/mol. The molecule has 1 saturated carbocycles. The summed E-state index contributed by atoms with van der Waals surface area (Å²) in [7, 11) is -2.15. The Labute approximate surface area is 125 Å². The third kappa shape index (κ3) is 6.43. The number of sulfonamides is 1. The Morgan fingerprint density at radius 1 is 1.19 bits per heavy atom. The molecule has 0 aliphatic heterocycles. The molecule has 0 aromatic heterocycles. The van der Waals surface area contributed by atoms with Crippen molar-refractivity contribution in [1.82, 2.24) is 4.72 Å². The van der Waals surface area contributed by atoms with Crippen LogP contribution in [0, 0.1) is 5.92 Å². The van der Waals surface area contributed by atoms with Gasteiger partial charge in [-0.15, -0.1) is 0 Å². The van der Waals surface area contributed by atoms with Gasteiger partial charge in [-0.2, -0.15) is 0 Å². The number of ether oxygens (including phenoxy) is 2. The zero-order chi connectivity index (χ0) is 15.9. The van der Waals surface area contributed by atoms with Gasteiger partial charge >= 0.3 is 11.9 Å². The maximum atomic E-state index is 11.9. The van der Waals surface area contributed by atoms with Gasteiger partial charge in [-0.3, -0.25) is 9.59 Å². The van der Waals surface area contributed by atoms with E-state index in [-0.39, 0.29) is 36.7 Å². The van der Waals surface area contributed by atoms with E-state index in [0.717, 1.165) is 0 Å². The molecule has 0 bridgehead atoms. The van der Waals surface area contributed by atoms with Crippen LogP contribution in [0.3, 0.4) is 0 Å². The van der Waals surface area contributed by atoms with Crippen molar-refractivity contribution in [3.05, 3.63) is 0 Å². The topological polar surface area (TPSA) is 98.8 Å². The van der Waals surface area contributed by atoms with E-state index in [9.17, 15) is 18.0 Å². The van der Waals surface area contributed by atoms with Gasteiger partial charge in [-0.25, -0.2) is 13.1 Å². The number of carbonyl (C=O) groups is 2. The van der Waals surface area contributed by atoms with Crippen molar-refractivity contribution in [1.29, 1.82) is 0 Å². The SMILES string of the molecule is CCOC(=O)CCS(=O)(=O)NC1CCC(C(=O)OC)CC1. The molecule has 0 heterocycles. The van der Waals surface area contributed by atoms with Crippen LogP contribution in [0.25, 0.3) is 0 Å². The Morgan fingerprint density at radius 3 is 2.33 bits per heavy atom. The van der Waals surface area contributed by atoms with Crippen molar-refractivity contribution in [3.8, 4) is 0 Å². The van der Waals surface area contributed by atoms with E-state index in [2.05, 4.69) is 9.46 Å². The van der Waals surface area contributed by atoms with Crippen molar-refractivity contribution in [2.24, 2.45) is 5.92 Å². The molecule has 7 nitrogen and oxygen atoms in total. The molecule has 8 heteroatoms. The van der Waals surface area contributed by atoms with E-state index >= 15 is 0 Å². The minimum absolute atomic E-state index is 0.143. The lowest BCUT2D eigenvalue weighted by Crippen LogP contribution is -2.40. The summed E-state index contributed by atoms with van der Waals surface area (Å²) in [6.45, 7) is 1.91. The number of methoxy groups -OCH3 is 1. The molecular formula is C13H23NO6S. The second-order valence-corrected chi connectivity index (χ2v) is 6.94. The summed E-state index contributed by atoms with van der Waals surface area (Å²) in [5, 5.41) is 0. The normalized spacial score (nSPS) is 22.6. The molecule has 1 aliphatic rings. The molecule has 21 heavy (non-hydrogen) atoms. The van der Waals surface area contributed by atoms with Gasteiger partial charge in [0.15, 0.2) is 0 Å². The second kappa shape index (κ2) is 8.33. The standard InChI is InChI=1S/C13H23NO6S/c1-3-20-12(15)8-9-21(17,18)14-11-6-4-10(5-7-11)13(16)19-2/h10-11,14H,3-9H2,1-2H3. The van der Waals surface area contributed by atoms with Gasteiger partial charge < -0.3 is 9.47 Å². The minimum Gasteiger partial charge on any atom is -0.469 e. The first-order valence-electron chi connectivity index (χ1n) is 7.11. The van der Waals surface area contributed by atoms with Crippen LogP contribution in [-0.2, 0) is 29.1 Å². The highest BCUT2D eigenvalue weighted by molar-refractivity contribution is 7.89. The van der Waals surface area contributed by atoms with Crippen molar-refractivity contribution >= 4 is 22.0 Å². The smallest absolute Gasteiger partial charge is 0.308 e. The van der Waals surface area contributed by atoms with Crippen LogP contribution in [0.1, 0.15) is 39.0 Å². The van der Waals surface area contributed by atoms with Crippen LogP contribution >= 0.6 is 0 Å². The van der Waals surface area contributed by atoms with E-state index in [1.807, 2.05) is 0 Å². The Bertz CT molecular complexity index is 453. The van der Waals surface area contributed by atoms with E-state index in [1.165, 1.54) is 7.11 Å². The van der Waals surface area contributed by atoms with Gasteiger partial charge in [-0.1, -0.05) is 0 Å². The summed E-state index contributed by atoms with van der Waals surface area (Å²) >= 11 is 0. The van der Waals surface area contributed by atoms with Crippen molar-refractivity contribution in [3.63, 3.8) is 0 Å². The maximum Gasteiger partial charge on any atom is 0.308 e. The lowest BCUT2D eigenvalue weighted by molar-refractivity contribution is -0.146. The number of esters is 2. The first kappa shape index (κ1) is 17.9. The lowest BCUT2D eigenvalue weighted by Gasteiger charge is -2.27. The molecule has 1 N–H and O–H groups in total. The predicted octanol–water partition coefficient (Wildman–Crippen LogP) is 0.591. The number of hydrogen-bond acceptors (Lipinski definition) is 6. The highest BCUT2D eigenvalue weighted by Crippen LogP contribution is 2.25. The Balaban J connectivity index is 2.36. The zero-order valence-corrected chi connectivity index (χ0v) is 13.3. The van der Waals surface area contributed by atoms with Crippen LogP contribution in [-0.4, -0.2) is 45.9 Å². The van der Waals surface area contributed by atoms with Crippen molar-refractivity contribution in [2.45, 2.75) is 45.1 Å². The van der Waals surface area contributed by atoms with E-state index in [0.29, 0.717) is 25.7 Å². The van der Waals surface area contributed by atoms with Crippen LogP contribution < -0.4 is 4.72 Å². The highest BCUT2D eigenvalue weighted by Gasteiger charge is 2.29. The highest BCUT2D eigenvalue weighted by atomic mass is 32.2. The van der Waals surface area contributed by atoms with Gasteiger partial charge in [-0.05, 0) is 32.6 Å². The first-order chi connectivity index (χ1) is 9.88. The van der Waals surface area contributed by atoms with Crippen LogP contribution in [0.2, 0.25) is 0 Å². The summed E-state index contributed by atoms with van der Waals surface area (Å²) in [6, 6.07) is -0.182. The van der Waals surface area contributed by atoms with Crippen LogP contribution in [0.5, 0.6) is 0 Å². The van der Waals surface area contributed by atoms with Gasteiger partial charge in [0, 0.05) is 6.04 Å². The number of rotatable bonds is 7. The van der Waals surface area contributed by atoms with E-state index in [1.54, 1.807) is 6.92 Å². The van der Waals surface area contributed by atoms with Crippen LogP contribution in [0.15, 0.2) is 0 Å². The fourth-order valence-electron chi connectivity index (χ4n) is 2.38. The minimum atomic E-state index is -3.50. The van der Waals surface area contributed by atoms with E-state index < -0.39 is 16.0 Å². The predicted molar refractivity (Wildman–Crippen MR) is 75.9 cm³/mol. The summed E-state index contributed by atoms with van der Waals surface area (Å²) in [5.41, 5.74) is 0. The molecule has 1 rings (SSSR count). The molecule has 0 atom stereocenters. The molecule has 0 aromatic carbocycles. The maximum absolute atomic E-state index is 11.9. The number of carbonyl (C=O) groups excluding carboxylic acids is 2. The Hall–Kier alpha value is -1.15. The summed E-state index contributed by atoms with van der Waals surface area (Å²) in [5.74, 6) is -1.17. The van der Waals surface area contributed by atoms with Crippen molar-refractivity contribution in [2.75, 3.05) is 19.5 Å². The van der Waals surface area contributed by atoms with Crippen LogP contribution in [0.4, 0.5) is 0 Å². The average molecular weight is 321 g/mol. The third-order valence-electron chi connectivity index (χ3n) is 3.49. The van der Waals surface area contributed by atoms with Gasteiger partial charge in [0.25, 0.3) is 0 Å². The quantitative estimate of drug-likeness (QED) is 0.689. The molecule has 0 spiro atoms. The Morgan fingerprint density at radius 2 is 1.81 bits per heavy atom. The summed E-state index contributed by atoms with van der Waals surface area (Å²) < 4.78 is 35.7. The van der Waals surface area contributed by atoms with E-state index in [4.69, 9.17) is 4.74 Å². The molecule has 122 valence electrons. The molecule has 0 aromatic rings. The van der Waals surface area contributed by atoms with Gasteiger partial charge in [0.05, 0.1) is 31.8 Å². The fraction of sp³-hybridized carbons (Fsp3) is 0.846. The first-order valence-corrected chi connectivity index (χ1v) is 8.76. The second-order valence-electron chi connectivity index (χ2n) is 5.06. The Kier molecular flexibility index (Phi) is 7.10. The third-order valence-corrected chi connectivity index (χ3v) is 4.92. The van der Waals surface area contributed by atoms with Gasteiger partial charge in [0.1, 0.15) is 0 Å². The molecule has 0 unspecified atom stereocenters. The molecule has 1 aliphatic carbocycles. The molecule has 0 saturated heterocycles. The summed E-state index contributed by atoms with van der Waals surface area (Å²) in [4.78, 5) is 22.6. The average Bonchev–Trinajstić information content (AvgIpc) is 2.45. The lowest BCUT2D eigenvalue weighted by atomic mass is 9.86. The zero-order valence-electron chi connectivity index (χ0n) is 12.5. The van der Waals surface area contributed by atoms with Crippen molar-refractivity contribution < 1.29 is 27.5 Å². The largest absolute Gasteiger partial charge is 0.469 e. The van der Waals surface area contributed by atoms with Gasteiger partial charge in [0.2, 0.25) is 10.0 Å². The molecule has 0 amide bonds. The number of hydrogen-bond donors (Lipinski definition) is 1. The number of nitrogens with one attached hydrogen (secondary N) is 1. The molecular weight excluding hydrogens is 298 g/mol. The fourth-order valence-corrected chi connectivity index (χ4v) is 3.67.